The van der Waals surface area contributed by atoms with E-state index in [4.69, 9.17) is 9.47 Å². The van der Waals surface area contributed by atoms with Gasteiger partial charge < -0.3 is 14.8 Å². The third kappa shape index (κ3) is 4.46. The molecule has 1 heterocycles. The summed E-state index contributed by atoms with van der Waals surface area (Å²) in [6.45, 7) is 6.25. The second-order valence-electron chi connectivity index (χ2n) is 4.82. The molecule has 2 rings (SSSR count). The van der Waals surface area contributed by atoms with Gasteiger partial charge in [0.2, 0.25) is 0 Å². The fourth-order valence-corrected chi connectivity index (χ4v) is 2.04. The highest BCUT2D eigenvalue weighted by molar-refractivity contribution is 5.43. The average Bonchev–Trinajstić information content (AvgIpc) is 2.51. The standard InChI is InChI=1S/C17H22N2O2/c1-4-18-11-14-8-9-16(20-3)17(10-14)21-12-15-7-5-6-13(2)19-15/h5-10,18H,4,11-12H2,1-3H3. The molecule has 0 saturated heterocycles. The van der Waals surface area contributed by atoms with Gasteiger partial charge in [-0.3, -0.25) is 4.98 Å². The van der Waals surface area contributed by atoms with E-state index >= 15 is 0 Å². The molecule has 1 aromatic carbocycles. The lowest BCUT2D eigenvalue weighted by Gasteiger charge is -2.12. The molecule has 0 bridgehead atoms. The molecule has 0 amide bonds. The van der Waals surface area contributed by atoms with E-state index in [9.17, 15) is 0 Å². The number of pyridine rings is 1. The van der Waals surface area contributed by atoms with Gasteiger partial charge in [-0.15, -0.1) is 0 Å². The predicted molar refractivity (Wildman–Crippen MR) is 83.7 cm³/mol. The van der Waals surface area contributed by atoms with Crippen LogP contribution in [0.1, 0.15) is 23.9 Å². The Morgan fingerprint density at radius 3 is 2.71 bits per heavy atom. The van der Waals surface area contributed by atoms with Gasteiger partial charge in [0.05, 0.1) is 12.8 Å². The van der Waals surface area contributed by atoms with Crippen LogP contribution in [0.4, 0.5) is 0 Å². The fourth-order valence-electron chi connectivity index (χ4n) is 2.04. The first-order valence-electron chi connectivity index (χ1n) is 7.16. The number of aryl methyl sites for hydroxylation is 1. The van der Waals surface area contributed by atoms with E-state index in [2.05, 4.69) is 17.2 Å². The smallest absolute Gasteiger partial charge is 0.162 e. The van der Waals surface area contributed by atoms with E-state index in [1.54, 1.807) is 7.11 Å². The van der Waals surface area contributed by atoms with Crippen LogP contribution in [0.3, 0.4) is 0 Å². The van der Waals surface area contributed by atoms with Crippen molar-refractivity contribution in [3.63, 3.8) is 0 Å². The van der Waals surface area contributed by atoms with Crippen molar-refractivity contribution in [3.05, 3.63) is 53.3 Å². The molecule has 0 aliphatic carbocycles. The lowest BCUT2D eigenvalue weighted by atomic mass is 10.2. The third-order valence-corrected chi connectivity index (χ3v) is 3.13. The van der Waals surface area contributed by atoms with Gasteiger partial charge in [-0.1, -0.05) is 19.1 Å². The van der Waals surface area contributed by atoms with Crippen molar-refractivity contribution in [1.29, 1.82) is 0 Å². The first-order valence-corrected chi connectivity index (χ1v) is 7.16. The monoisotopic (exact) mass is 286 g/mol. The first-order chi connectivity index (χ1) is 10.2. The average molecular weight is 286 g/mol. The quantitative estimate of drug-likeness (QED) is 0.849. The molecule has 0 aliphatic rings. The van der Waals surface area contributed by atoms with E-state index in [1.165, 1.54) is 5.56 Å². The Kier molecular flexibility index (Phi) is 5.58. The topological polar surface area (TPSA) is 43.4 Å². The maximum absolute atomic E-state index is 5.87. The van der Waals surface area contributed by atoms with Gasteiger partial charge in [0.15, 0.2) is 11.5 Å². The molecule has 21 heavy (non-hydrogen) atoms. The number of ether oxygens (including phenoxy) is 2. The van der Waals surface area contributed by atoms with E-state index < -0.39 is 0 Å². The van der Waals surface area contributed by atoms with Crippen molar-refractivity contribution < 1.29 is 9.47 Å². The van der Waals surface area contributed by atoms with Crippen LogP contribution >= 0.6 is 0 Å². The van der Waals surface area contributed by atoms with Crippen LogP contribution in [0.15, 0.2) is 36.4 Å². The Bertz CT molecular complexity index is 585. The number of hydrogen-bond donors (Lipinski definition) is 1. The van der Waals surface area contributed by atoms with Gasteiger partial charge in [0.25, 0.3) is 0 Å². The number of hydrogen-bond acceptors (Lipinski definition) is 4. The molecule has 0 saturated carbocycles. The van der Waals surface area contributed by atoms with Crippen LogP contribution in [0.25, 0.3) is 0 Å². The Morgan fingerprint density at radius 2 is 2.00 bits per heavy atom. The normalized spacial score (nSPS) is 10.4. The summed E-state index contributed by atoms with van der Waals surface area (Å²) in [6.07, 6.45) is 0. The third-order valence-electron chi connectivity index (χ3n) is 3.13. The zero-order chi connectivity index (χ0) is 15.1. The molecule has 0 unspecified atom stereocenters. The van der Waals surface area contributed by atoms with Gasteiger partial charge in [-0.05, 0) is 43.3 Å². The van der Waals surface area contributed by atoms with Crippen LogP contribution in [0, 0.1) is 6.92 Å². The minimum Gasteiger partial charge on any atom is -0.493 e. The van der Waals surface area contributed by atoms with E-state index in [0.29, 0.717) is 6.61 Å². The first kappa shape index (κ1) is 15.3. The van der Waals surface area contributed by atoms with Gasteiger partial charge in [-0.25, -0.2) is 0 Å². The maximum atomic E-state index is 5.87. The van der Waals surface area contributed by atoms with E-state index in [1.807, 2.05) is 43.3 Å². The number of aromatic nitrogens is 1. The van der Waals surface area contributed by atoms with Gasteiger partial charge >= 0.3 is 0 Å². The summed E-state index contributed by atoms with van der Waals surface area (Å²) in [4.78, 5) is 4.44. The van der Waals surface area contributed by atoms with Gasteiger partial charge in [0.1, 0.15) is 6.61 Å². The van der Waals surface area contributed by atoms with Crippen LogP contribution in [0.2, 0.25) is 0 Å². The molecule has 2 aromatic rings. The Morgan fingerprint density at radius 1 is 1.14 bits per heavy atom. The zero-order valence-electron chi connectivity index (χ0n) is 12.8. The number of rotatable bonds is 7. The zero-order valence-corrected chi connectivity index (χ0v) is 12.8. The summed E-state index contributed by atoms with van der Waals surface area (Å²) in [7, 11) is 1.65. The van der Waals surface area contributed by atoms with Crippen LogP contribution in [-0.4, -0.2) is 18.6 Å². The number of nitrogens with one attached hydrogen (secondary N) is 1. The van der Waals surface area contributed by atoms with Crippen molar-refractivity contribution in [3.8, 4) is 11.5 Å². The minimum atomic E-state index is 0.433. The SMILES string of the molecule is CCNCc1ccc(OC)c(OCc2cccc(C)n2)c1. The van der Waals surface area contributed by atoms with Crippen LogP contribution < -0.4 is 14.8 Å². The summed E-state index contributed by atoms with van der Waals surface area (Å²) >= 11 is 0. The van der Waals surface area contributed by atoms with Gasteiger partial charge in [-0.2, -0.15) is 0 Å². The minimum absolute atomic E-state index is 0.433. The largest absolute Gasteiger partial charge is 0.493 e. The molecule has 0 fully saturated rings. The molecule has 112 valence electrons. The Balaban J connectivity index is 2.09. The Hall–Kier alpha value is -2.07. The second kappa shape index (κ2) is 7.64. The van der Waals surface area contributed by atoms with Crippen LogP contribution in [-0.2, 0) is 13.2 Å². The molecule has 0 atom stereocenters. The van der Waals surface area contributed by atoms with Crippen molar-refractivity contribution >= 4 is 0 Å². The van der Waals surface area contributed by atoms with E-state index in [-0.39, 0.29) is 0 Å². The lowest BCUT2D eigenvalue weighted by Crippen LogP contribution is -2.11. The highest BCUT2D eigenvalue weighted by Gasteiger charge is 2.07. The lowest BCUT2D eigenvalue weighted by molar-refractivity contribution is 0.280. The molecular weight excluding hydrogens is 264 g/mol. The fraction of sp³-hybridized carbons (Fsp3) is 0.353. The summed E-state index contributed by atoms with van der Waals surface area (Å²) in [5.41, 5.74) is 3.07. The molecular formula is C17H22N2O2. The summed E-state index contributed by atoms with van der Waals surface area (Å²) < 4.78 is 11.2. The Labute approximate surface area is 126 Å². The van der Waals surface area contributed by atoms with Crippen molar-refractivity contribution in [2.75, 3.05) is 13.7 Å². The molecule has 1 N–H and O–H groups in total. The number of nitrogens with zero attached hydrogens (tertiary/aromatic N) is 1. The predicted octanol–water partition coefficient (Wildman–Crippen LogP) is 3.09. The highest BCUT2D eigenvalue weighted by Crippen LogP contribution is 2.28. The molecule has 4 heteroatoms. The maximum Gasteiger partial charge on any atom is 0.162 e. The highest BCUT2D eigenvalue weighted by atomic mass is 16.5. The number of methoxy groups -OCH3 is 1. The summed E-state index contributed by atoms with van der Waals surface area (Å²) in [5, 5.41) is 3.30. The van der Waals surface area contributed by atoms with Crippen molar-refractivity contribution in [1.82, 2.24) is 10.3 Å². The molecule has 0 spiro atoms. The second-order valence-corrected chi connectivity index (χ2v) is 4.82. The van der Waals surface area contributed by atoms with Gasteiger partial charge in [0, 0.05) is 12.2 Å². The van der Waals surface area contributed by atoms with Crippen molar-refractivity contribution in [2.24, 2.45) is 0 Å². The molecule has 1 aromatic heterocycles. The summed E-state index contributed by atoms with van der Waals surface area (Å²) in [5.74, 6) is 1.49. The molecule has 4 nitrogen and oxygen atoms in total. The van der Waals surface area contributed by atoms with Crippen LogP contribution in [0.5, 0.6) is 11.5 Å². The summed E-state index contributed by atoms with van der Waals surface area (Å²) in [6, 6.07) is 11.9. The molecule has 0 radical (unpaired) electrons. The number of benzene rings is 1. The van der Waals surface area contributed by atoms with Crippen molar-refractivity contribution in [2.45, 2.75) is 27.0 Å². The molecule has 0 aliphatic heterocycles. The van der Waals surface area contributed by atoms with E-state index in [0.717, 1.165) is 36.0 Å².